The van der Waals surface area contributed by atoms with Crippen LogP contribution in [0.5, 0.6) is 0 Å². The topological polar surface area (TPSA) is 83.7 Å². The normalized spacial score (nSPS) is 18.0. The van der Waals surface area contributed by atoms with Crippen molar-refractivity contribution >= 4 is 40.8 Å². The number of aryl methyl sites for hydroxylation is 2. The van der Waals surface area contributed by atoms with Gasteiger partial charge in [0, 0.05) is 47.2 Å². The van der Waals surface area contributed by atoms with Crippen molar-refractivity contribution in [2.24, 2.45) is 4.99 Å². The number of piperazine rings is 1. The van der Waals surface area contributed by atoms with Crippen LogP contribution in [0.1, 0.15) is 45.7 Å². The van der Waals surface area contributed by atoms with E-state index in [1.54, 1.807) is 11.3 Å². The summed E-state index contributed by atoms with van der Waals surface area (Å²) in [4.78, 5) is 34.5. The Kier molecular flexibility index (Phi) is 6.57. The summed E-state index contributed by atoms with van der Waals surface area (Å²) in [5, 5.41) is 10.5. The van der Waals surface area contributed by atoms with E-state index in [9.17, 15) is 9.59 Å². The Bertz CT molecular complexity index is 1300. The third kappa shape index (κ3) is 4.44. The minimum absolute atomic E-state index is 0.0327. The second-order valence-electron chi connectivity index (χ2n) is 8.96. The van der Waals surface area contributed by atoms with E-state index in [4.69, 9.17) is 16.6 Å². The van der Waals surface area contributed by atoms with Crippen molar-refractivity contribution in [1.29, 1.82) is 0 Å². The van der Waals surface area contributed by atoms with Gasteiger partial charge in [0.25, 0.3) is 0 Å². The molecule has 0 saturated carbocycles. The first kappa shape index (κ1) is 23.8. The smallest absolute Gasteiger partial charge is 0.225 e. The van der Waals surface area contributed by atoms with Gasteiger partial charge in [0.2, 0.25) is 5.91 Å². The predicted octanol–water partition coefficient (Wildman–Crippen LogP) is 3.53. The van der Waals surface area contributed by atoms with Gasteiger partial charge in [0.1, 0.15) is 23.2 Å². The average Bonchev–Trinajstić information content (AvgIpc) is 3.32. The highest BCUT2D eigenvalue weighted by atomic mass is 35.5. The predicted molar refractivity (Wildman–Crippen MR) is 137 cm³/mol. The molecule has 0 radical (unpaired) electrons. The number of fused-ring (bicyclic) bond motifs is 3. The van der Waals surface area contributed by atoms with Crippen molar-refractivity contribution < 1.29 is 9.59 Å². The average molecular weight is 511 g/mol. The lowest BCUT2D eigenvalue weighted by molar-refractivity contribution is -0.133. The van der Waals surface area contributed by atoms with Crippen LogP contribution in [0.3, 0.4) is 0 Å². The van der Waals surface area contributed by atoms with Crippen molar-refractivity contribution in [3.05, 3.63) is 62.5 Å². The minimum atomic E-state index is -0.471. The van der Waals surface area contributed by atoms with Gasteiger partial charge < -0.3 is 9.69 Å². The van der Waals surface area contributed by atoms with Crippen LogP contribution < -0.4 is 0 Å². The molecule has 1 aromatic carbocycles. The third-order valence-corrected chi connectivity index (χ3v) is 8.23. The number of aliphatic imine (C=N–C) groups is 1. The Morgan fingerprint density at radius 3 is 2.51 bits per heavy atom. The molecular formula is C25H27ClN6O2S. The van der Waals surface area contributed by atoms with E-state index in [2.05, 4.69) is 33.5 Å². The lowest BCUT2D eigenvalue weighted by atomic mass is 9.99. The second-order valence-corrected chi connectivity index (χ2v) is 10.6. The molecule has 10 heteroatoms. The molecule has 2 aliphatic rings. The van der Waals surface area contributed by atoms with Gasteiger partial charge in [0.15, 0.2) is 5.82 Å². The number of rotatable bonds is 5. The number of benzene rings is 1. The molecular weight excluding hydrogens is 484 g/mol. The van der Waals surface area contributed by atoms with E-state index < -0.39 is 6.04 Å². The Hall–Kier alpha value is -2.88. The molecule has 1 amide bonds. The van der Waals surface area contributed by atoms with Gasteiger partial charge in [-0.05, 0) is 38.5 Å². The number of aromatic nitrogens is 3. The summed E-state index contributed by atoms with van der Waals surface area (Å²) in [6, 6.07) is 7.21. The molecule has 1 atom stereocenters. The summed E-state index contributed by atoms with van der Waals surface area (Å²) >= 11 is 7.87. The zero-order valence-electron chi connectivity index (χ0n) is 20.0. The van der Waals surface area contributed by atoms with Crippen LogP contribution in [-0.4, -0.2) is 75.2 Å². The van der Waals surface area contributed by atoms with E-state index in [1.165, 1.54) is 4.88 Å². The standard InChI is InChI=1S/C25H27ClN6O2S/c1-15-16(2)35-25-22(15)23(18-4-6-19(26)7-5-18)27-20(24-29-28-17(3)32(24)25)14-21(34)31-10-8-30(9-11-31)12-13-33/h4-7,13,20H,8-12,14H2,1-3H3/t20-/m0/s1. The molecule has 0 aliphatic carbocycles. The maximum Gasteiger partial charge on any atom is 0.225 e. The van der Waals surface area contributed by atoms with Crippen molar-refractivity contribution in [3.8, 4) is 5.00 Å². The van der Waals surface area contributed by atoms with Crippen LogP contribution in [0, 0.1) is 20.8 Å². The SMILES string of the molecule is Cc1sc2c(c1C)C(c1ccc(Cl)cc1)=N[C@@H](CC(=O)N1CCN(CC=O)CC1)c1nnc(C)n1-2. The fourth-order valence-corrected chi connectivity index (χ4v) is 6.05. The number of nitrogens with zero attached hydrogens (tertiary/aromatic N) is 6. The maximum atomic E-state index is 13.4. The second kappa shape index (κ2) is 9.64. The summed E-state index contributed by atoms with van der Waals surface area (Å²) in [6.07, 6.45) is 1.11. The fraction of sp³-hybridized carbons (Fsp3) is 0.400. The zero-order chi connectivity index (χ0) is 24.7. The van der Waals surface area contributed by atoms with Crippen LogP contribution in [0.4, 0.5) is 0 Å². The van der Waals surface area contributed by atoms with Crippen molar-refractivity contribution in [1.82, 2.24) is 24.6 Å². The van der Waals surface area contributed by atoms with Crippen molar-refractivity contribution in [3.63, 3.8) is 0 Å². The summed E-state index contributed by atoms with van der Waals surface area (Å²) in [7, 11) is 0. The van der Waals surface area contributed by atoms with Crippen LogP contribution in [0.25, 0.3) is 5.00 Å². The van der Waals surface area contributed by atoms with Gasteiger partial charge in [-0.15, -0.1) is 21.5 Å². The molecule has 35 heavy (non-hydrogen) atoms. The molecule has 2 aromatic heterocycles. The summed E-state index contributed by atoms with van der Waals surface area (Å²) in [5.74, 6) is 1.49. The van der Waals surface area contributed by atoms with Gasteiger partial charge in [-0.3, -0.25) is 19.3 Å². The molecule has 182 valence electrons. The summed E-state index contributed by atoms with van der Waals surface area (Å²) in [6.45, 7) is 9.15. The number of hydrogen-bond acceptors (Lipinski definition) is 7. The molecule has 8 nitrogen and oxygen atoms in total. The molecule has 1 fully saturated rings. The van der Waals surface area contributed by atoms with Gasteiger partial charge in [0.05, 0.1) is 18.7 Å². The Morgan fingerprint density at radius 1 is 1.11 bits per heavy atom. The number of amides is 1. The molecule has 0 unspecified atom stereocenters. The molecule has 0 bridgehead atoms. The number of aldehydes is 1. The summed E-state index contributed by atoms with van der Waals surface area (Å²) in [5.41, 5.74) is 4.01. The number of halogens is 1. The van der Waals surface area contributed by atoms with Crippen LogP contribution >= 0.6 is 22.9 Å². The first-order valence-electron chi connectivity index (χ1n) is 11.7. The van der Waals surface area contributed by atoms with Crippen molar-refractivity contribution in [2.45, 2.75) is 33.2 Å². The van der Waals surface area contributed by atoms with Gasteiger partial charge in [-0.2, -0.15) is 0 Å². The van der Waals surface area contributed by atoms with E-state index in [0.717, 1.165) is 39.5 Å². The Morgan fingerprint density at radius 2 is 1.83 bits per heavy atom. The lowest BCUT2D eigenvalue weighted by Gasteiger charge is -2.34. The Labute approximate surface area is 213 Å². The highest BCUT2D eigenvalue weighted by Gasteiger charge is 2.33. The molecule has 0 N–H and O–H groups in total. The molecule has 0 spiro atoms. The first-order valence-corrected chi connectivity index (χ1v) is 12.9. The Balaban J connectivity index is 1.55. The molecule has 5 rings (SSSR count). The lowest BCUT2D eigenvalue weighted by Crippen LogP contribution is -2.49. The fourth-order valence-electron chi connectivity index (χ4n) is 4.71. The van der Waals surface area contributed by atoms with E-state index in [0.29, 0.717) is 43.6 Å². The van der Waals surface area contributed by atoms with Crippen LogP contribution in [0.2, 0.25) is 5.02 Å². The molecule has 3 aromatic rings. The largest absolute Gasteiger partial charge is 0.340 e. The highest BCUT2D eigenvalue weighted by Crippen LogP contribution is 2.39. The highest BCUT2D eigenvalue weighted by molar-refractivity contribution is 7.15. The van der Waals surface area contributed by atoms with E-state index in [1.807, 2.05) is 36.1 Å². The monoisotopic (exact) mass is 510 g/mol. The van der Waals surface area contributed by atoms with Gasteiger partial charge in [-0.25, -0.2) is 0 Å². The third-order valence-electron chi connectivity index (χ3n) is 6.78. The summed E-state index contributed by atoms with van der Waals surface area (Å²) < 4.78 is 2.06. The first-order chi connectivity index (χ1) is 16.9. The molecule has 1 saturated heterocycles. The molecule has 4 heterocycles. The van der Waals surface area contributed by atoms with Crippen LogP contribution in [-0.2, 0) is 9.59 Å². The van der Waals surface area contributed by atoms with Crippen molar-refractivity contribution in [2.75, 3.05) is 32.7 Å². The zero-order valence-corrected chi connectivity index (χ0v) is 21.6. The van der Waals surface area contributed by atoms with Crippen LogP contribution in [0.15, 0.2) is 29.3 Å². The number of carbonyl (C=O) groups excluding carboxylic acids is 2. The number of carbonyl (C=O) groups is 2. The van der Waals surface area contributed by atoms with Gasteiger partial charge >= 0.3 is 0 Å². The molecule has 2 aliphatic heterocycles. The van der Waals surface area contributed by atoms with E-state index in [-0.39, 0.29) is 12.3 Å². The quantitative estimate of drug-likeness (QED) is 0.490. The number of thiophene rings is 1. The van der Waals surface area contributed by atoms with Gasteiger partial charge in [-0.1, -0.05) is 23.7 Å². The maximum absolute atomic E-state index is 13.4. The minimum Gasteiger partial charge on any atom is -0.340 e. The van der Waals surface area contributed by atoms with E-state index >= 15 is 0 Å². The number of hydrogen-bond donors (Lipinski definition) is 0.